The molecule has 1 N–H and O–H groups in total. The Balaban J connectivity index is 1.61. The molecule has 1 aromatic carbocycles. The first-order chi connectivity index (χ1) is 14.0. The monoisotopic (exact) mass is 401 g/mol. The highest BCUT2D eigenvalue weighted by atomic mass is 19.1. The first-order valence-corrected chi connectivity index (χ1v) is 9.56. The number of nitrogens with zero attached hydrogens (tertiary/aromatic N) is 4. The minimum Gasteiger partial charge on any atom is -0.465 e. The molecule has 0 spiro atoms. The average molecular weight is 401 g/mol. The van der Waals surface area contributed by atoms with Gasteiger partial charge in [-0.15, -0.1) is 0 Å². The third-order valence-electron chi connectivity index (χ3n) is 5.40. The van der Waals surface area contributed by atoms with Gasteiger partial charge in [0.2, 0.25) is 5.95 Å². The number of esters is 1. The van der Waals surface area contributed by atoms with Gasteiger partial charge in [-0.3, -0.25) is 0 Å². The predicted octanol–water partition coefficient (Wildman–Crippen LogP) is 2.85. The Morgan fingerprint density at radius 1 is 1.34 bits per heavy atom. The quantitative estimate of drug-likeness (QED) is 0.784. The van der Waals surface area contributed by atoms with Crippen LogP contribution in [0.4, 0.5) is 27.5 Å². The number of rotatable bonds is 4. The molecule has 0 amide bonds. The van der Waals surface area contributed by atoms with Crippen molar-refractivity contribution in [3.8, 4) is 0 Å². The maximum atomic E-state index is 14.3. The van der Waals surface area contributed by atoms with E-state index in [2.05, 4.69) is 24.8 Å². The van der Waals surface area contributed by atoms with E-state index < -0.39 is 11.8 Å². The van der Waals surface area contributed by atoms with E-state index in [0.717, 1.165) is 44.2 Å². The fourth-order valence-corrected chi connectivity index (χ4v) is 3.77. The lowest BCUT2D eigenvalue weighted by molar-refractivity contribution is 0.0595. The lowest BCUT2D eigenvalue weighted by Gasteiger charge is -2.32. The minimum absolute atomic E-state index is 0.0993. The molecule has 1 fully saturated rings. The standard InChI is InChI=1S/C20H24FN5O3/c1-12-8-14(19(27)28-3)15(21)9-16(12)23-20-22-10-17-18(24-20)26(11-25(17)2)13-4-6-29-7-5-13/h8-10,13H,4-7,11H2,1-3H3,(H,22,23,24). The number of hydrogen-bond acceptors (Lipinski definition) is 8. The van der Waals surface area contributed by atoms with Crippen LogP contribution in [0, 0.1) is 12.7 Å². The van der Waals surface area contributed by atoms with Gasteiger partial charge in [-0.05, 0) is 37.5 Å². The van der Waals surface area contributed by atoms with E-state index in [-0.39, 0.29) is 5.56 Å². The van der Waals surface area contributed by atoms with Crippen molar-refractivity contribution >= 4 is 29.1 Å². The molecule has 0 aliphatic carbocycles. The first kappa shape index (κ1) is 19.4. The number of nitrogens with one attached hydrogen (secondary N) is 1. The molecule has 4 rings (SSSR count). The van der Waals surface area contributed by atoms with Crippen LogP contribution in [-0.4, -0.2) is 56.0 Å². The van der Waals surface area contributed by atoms with Crippen LogP contribution < -0.4 is 15.1 Å². The SMILES string of the molecule is COC(=O)c1cc(C)c(Nc2ncc3c(n2)N(C2CCOCC2)CN3C)cc1F. The van der Waals surface area contributed by atoms with E-state index in [1.807, 2.05) is 7.05 Å². The van der Waals surface area contributed by atoms with Crippen LogP contribution in [0.25, 0.3) is 0 Å². The van der Waals surface area contributed by atoms with E-state index in [1.54, 1.807) is 13.1 Å². The second-order valence-corrected chi connectivity index (χ2v) is 7.32. The normalized spacial score (nSPS) is 16.7. The van der Waals surface area contributed by atoms with Crippen LogP contribution in [0.15, 0.2) is 18.3 Å². The largest absolute Gasteiger partial charge is 0.465 e. The second kappa shape index (κ2) is 7.82. The molecule has 0 bridgehead atoms. The summed E-state index contributed by atoms with van der Waals surface area (Å²) < 4.78 is 24.4. The van der Waals surface area contributed by atoms with Crippen LogP contribution >= 0.6 is 0 Å². The third kappa shape index (κ3) is 3.69. The summed E-state index contributed by atoms with van der Waals surface area (Å²) in [5.74, 6) is -0.124. The minimum atomic E-state index is -0.707. The molecule has 2 aromatic rings. The Hall–Kier alpha value is -2.94. The number of ether oxygens (including phenoxy) is 2. The number of halogens is 1. The van der Waals surface area contributed by atoms with Gasteiger partial charge in [-0.2, -0.15) is 4.98 Å². The fourth-order valence-electron chi connectivity index (χ4n) is 3.77. The van der Waals surface area contributed by atoms with Crippen molar-refractivity contribution in [1.29, 1.82) is 0 Å². The van der Waals surface area contributed by atoms with Gasteiger partial charge in [0.1, 0.15) is 5.82 Å². The molecule has 8 nitrogen and oxygen atoms in total. The topological polar surface area (TPSA) is 79.8 Å². The van der Waals surface area contributed by atoms with Crippen LogP contribution in [0.1, 0.15) is 28.8 Å². The summed E-state index contributed by atoms with van der Waals surface area (Å²) in [6, 6.07) is 3.09. The summed E-state index contributed by atoms with van der Waals surface area (Å²) in [6.07, 6.45) is 3.69. The second-order valence-electron chi connectivity index (χ2n) is 7.32. The lowest BCUT2D eigenvalue weighted by atomic mass is 10.1. The van der Waals surface area contributed by atoms with Gasteiger partial charge >= 0.3 is 5.97 Å². The van der Waals surface area contributed by atoms with E-state index in [4.69, 9.17) is 9.72 Å². The highest BCUT2D eigenvalue weighted by Crippen LogP contribution is 2.37. The Morgan fingerprint density at radius 2 is 2.10 bits per heavy atom. The summed E-state index contributed by atoms with van der Waals surface area (Å²) in [5, 5.41) is 3.08. The third-order valence-corrected chi connectivity index (χ3v) is 5.40. The molecule has 1 saturated heterocycles. The molecule has 29 heavy (non-hydrogen) atoms. The smallest absolute Gasteiger partial charge is 0.340 e. The number of aryl methyl sites for hydroxylation is 1. The summed E-state index contributed by atoms with van der Waals surface area (Å²) in [7, 11) is 3.24. The zero-order valence-electron chi connectivity index (χ0n) is 16.7. The molecular formula is C20H24FN5O3. The summed E-state index contributed by atoms with van der Waals surface area (Å²) >= 11 is 0. The van der Waals surface area contributed by atoms with Gasteiger partial charge in [0.25, 0.3) is 0 Å². The van der Waals surface area contributed by atoms with Gasteiger partial charge in [0, 0.05) is 32.0 Å². The van der Waals surface area contributed by atoms with Crippen molar-refractivity contribution in [3.05, 3.63) is 35.3 Å². The molecule has 154 valence electrons. The number of anilines is 4. The van der Waals surface area contributed by atoms with Gasteiger partial charge in [0.05, 0.1) is 31.2 Å². The summed E-state index contributed by atoms with van der Waals surface area (Å²) in [5.41, 5.74) is 2.05. The molecule has 0 radical (unpaired) electrons. The van der Waals surface area contributed by atoms with Crippen molar-refractivity contribution < 1.29 is 18.7 Å². The van der Waals surface area contributed by atoms with E-state index >= 15 is 0 Å². The fraction of sp³-hybridized carbons (Fsp3) is 0.450. The highest BCUT2D eigenvalue weighted by Gasteiger charge is 2.32. The molecule has 3 heterocycles. The Morgan fingerprint density at radius 3 is 2.83 bits per heavy atom. The zero-order valence-corrected chi connectivity index (χ0v) is 16.7. The van der Waals surface area contributed by atoms with E-state index in [0.29, 0.717) is 23.2 Å². The highest BCUT2D eigenvalue weighted by molar-refractivity contribution is 5.90. The van der Waals surface area contributed by atoms with Gasteiger partial charge in [-0.25, -0.2) is 14.2 Å². The first-order valence-electron chi connectivity index (χ1n) is 9.56. The van der Waals surface area contributed by atoms with Gasteiger partial charge < -0.3 is 24.6 Å². The average Bonchev–Trinajstić information content (AvgIpc) is 3.06. The maximum Gasteiger partial charge on any atom is 0.340 e. The molecule has 0 unspecified atom stereocenters. The number of benzene rings is 1. The summed E-state index contributed by atoms with van der Waals surface area (Å²) in [4.78, 5) is 25.2. The molecular weight excluding hydrogens is 377 g/mol. The Kier molecular flexibility index (Phi) is 5.23. The van der Waals surface area contributed by atoms with Crippen LogP contribution in [0.5, 0.6) is 0 Å². The number of carbonyl (C=O) groups excluding carboxylic acids is 1. The van der Waals surface area contributed by atoms with E-state index in [1.165, 1.54) is 19.2 Å². The number of aromatic nitrogens is 2. The molecule has 9 heteroatoms. The molecule has 1 aromatic heterocycles. The van der Waals surface area contributed by atoms with Crippen LogP contribution in [0.3, 0.4) is 0 Å². The molecule has 2 aliphatic heterocycles. The van der Waals surface area contributed by atoms with Crippen molar-refractivity contribution in [3.63, 3.8) is 0 Å². The number of hydrogen-bond donors (Lipinski definition) is 1. The number of methoxy groups -OCH3 is 1. The number of carbonyl (C=O) groups is 1. The Labute approximate surface area is 168 Å². The number of fused-ring (bicyclic) bond motifs is 1. The lowest BCUT2D eigenvalue weighted by Crippen LogP contribution is -2.41. The maximum absolute atomic E-state index is 14.3. The van der Waals surface area contributed by atoms with Crippen LogP contribution in [-0.2, 0) is 9.47 Å². The zero-order chi connectivity index (χ0) is 20.5. The van der Waals surface area contributed by atoms with Crippen molar-refractivity contribution in [2.75, 3.05) is 49.2 Å². The summed E-state index contributed by atoms with van der Waals surface area (Å²) in [6.45, 7) is 4.03. The molecule has 0 atom stereocenters. The Bertz CT molecular complexity index is 933. The van der Waals surface area contributed by atoms with Gasteiger partial charge in [0.15, 0.2) is 5.82 Å². The molecule has 0 saturated carbocycles. The predicted molar refractivity (Wildman–Crippen MR) is 107 cm³/mol. The van der Waals surface area contributed by atoms with E-state index in [9.17, 15) is 9.18 Å². The van der Waals surface area contributed by atoms with Crippen molar-refractivity contribution in [2.45, 2.75) is 25.8 Å². The van der Waals surface area contributed by atoms with Crippen molar-refractivity contribution in [2.24, 2.45) is 0 Å². The van der Waals surface area contributed by atoms with Gasteiger partial charge in [-0.1, -0.05) is 0 Å². The van der Waals surface area contributed by atoms with Crippen LogP contribution in [0.2, 0.25) is 0 Å². The molecule has 2 aliphatic rings. The van der Waals surface area contributed by atoms with Crippen molar-refractivity contribution in [1.82, 2.24) is 9.97 Å².